The van der Waals surface area contributed by atoms with Gasteiger partial charge in [-0.25, -0.2) is 12.8 Å². The molecule has 0 bridgehead atoms. The lowest BCUT2D eigenvalue weighted by molar-refractivity contribution is -0.114. The zero-order chi connectivity index (χ0) is 26.6. The van der Waals surface area contributed by atoms with Crippen molar-refractivity contribution >= 4 is 38.9 Å². The Labute approximate surface area is 212 Å². The van der Waals surface area contributed by atoms with Gasteiger partial charge >= 0.3 is 0 Å². The van der Waals surface area contributed by atoms with Gasteiger partial charge in [-0.05, 0) is 60.2 Å². The monoisotopic (exact) mass is 519 g/mol. The molecule has 8 nitrogen and oxygen atoms in total. The van der Waals surface area contributed by atoms with Crippen molar-refractivity contribution in [3.05, 3.63) is 102 Å². The lowest BCUT2D eigenvalue weighted by atomic mass is 10.0. The van der Waals surface area contributed by atoms with Gasteiger partial charge in [0.1, 0.15) is 11.6 Å². The number of phenolic OH excluding ortho intramolecular Hbond substituents is 1. The van der Waals surface area contributed by atoms with E-state index >= 15 is 0 Å². The number of sulfonamides is 1. The third-order valence-electron chi connectivity index (χ3n) is 5.30. The van der Waals surface area contributed by atoms with Gasteiger partial charge in [0.15, 0.2) is 0 Å². The Morgan fingerprint density at radius 3 is 2.19 bits per heavy atom. The summed E-state index contributed by atoms with van der Waals surface area (Å²) in [4.78, 5) is 24.5. The number of aromatic hydroxyl groups is 1. The predicted octanol–water partition coefficient (Wildman–Crippen LogP) is 5.21. The van der Waals surface area contributed by atoms with Gasteiger partial charge < -0.3 is 15.7 Å². The zero-order valence-electron chi connectivity index (χ0n) is 19.5. The molecular formula is C27H22FN3O5S. The topological polar surface area (TPSA) is 125 Å². The number of phenols is 1. The average Bonchev–Trinajstić information content (AvgIpc) is 2.86. The van der Waals surface area contributed by atoms with Gasteiger partial charge in [0.05, 0.1) is 10.6 Å². The molecule has 4 rings (SSSR count). The number of anilines is 3. The van der Waals surface area contributed by atoms with Crippen LogP contribution in [0.4, 0.5) is 21.5 Å². The lowest BCUT2D eigenvalue weighted by Gasteiger charge is -2.14. The van der Waals surface area contributed by atoms with E-state index in [2.05, 4.69) is 15.4 Å². The molecule has 4 aromatic rings. The highest BCUT2D eigenvalue weighted by atomic mass is 32.2. The van der Waals surface area contributed by atoms with Crippen LogP contribution in [-0.2, 0) is 14.8 Å². The molecule has 188 valence electrons. The van der Waals surface area contributed by atoms with Crippen LogP contribution < -0.4 is 15.4 Å². The molecule has 0 heterocycles. The van der Waals surface area contributed by atoms with Crippen molar-refractivity contribution in [2.45, 2.75) is 11.8 Å². The fourth-order valence-electron chi connectivity index (χ4n) is 3.56. The number of halogens is 1. The maximum absolute atomic E-state index is 13.2. The summed E-state index contributed by atoms with van der Waals surface area (Å²) < 4.78 is 40.6. The summed E-state index contributed by atoms with van der Waals surface area (Å²) in [6, 6.07) is 22.3. The first-order valence-electron chi connectivity index (χ1n) is 11.0. The first-order chi connectivity index (χ1) is 17.6. The van der Waals surface area contributed by atoms with E-state index in [1.54, 1.807) is 12.1 Å². The van der Waals surface area contributed by atoms with E-state index < -0.39 is 21.7 Å². The fraction of sp³-hybridized carbons (Fsp3) is 0.0370. The molecule has 0 aliphatic rings. The van der Waals surface area contributed by atoms with E-state index in [4.69, 9.17) is 0 Å². The Hall–Kier alpha value is -4.70. The van der Waals surface area contributed by atoms with Gasteiger partial charge in [-0.15, -0.1) is 0 Å². The van der Waals surface area contributed by atoms with E-state index in [1.165, 1.54) is 31.2 Å². The number of nitrogens with one attached hydrogen (secondary N) is 3. The van der Waals surface area contributed by atoms with Crippen LogP contribution in [0.1, 0.15) is 17.3 Å². The van der Waals surface area contributed by atoms with Crippen molar-refractivity contribution in [3.8, 4) is 16.9 Å². The zero-order valence-corrected chi connectivity index (χ0v) is 20.3. The first-order valence-corrected chi connectivity index (χ1v) is 12.5. The summed E-state index contributed by atoms with van der Waals surface area (Å²) in [5.74, 6) is -1.79. The second-order valence-electron chi connectivity index (χ2n) is 8.05. The smallest absolute Gasteiger partial charge is 0.262 e. The molecular weight excluding hydrogens is 497 g/mol. The standard InChI is InChI=1S/C27H22FN3O5S/c1-17(32)29-24-15-19(7-13-23(24)18-5-3-2-4-6-18)27(34)30-21-10-14-26(33)25(16-21)31-37(35,36)22-11-8-20(28)9-12-22/h2-16,31,33H,1H3,(H,29,32)(H,30,34). The van der Waals surface area contributed by atoms with Crippen molar-refractivity contribution in [1.29, 1.82) is 0 Å². The summed E-state index contributed by atoms with van der Waals surface area (Å²) in [5, 5.41) is 15.6. The van der Waals surface area contributed by atoms with Crippen LogP contribution in [0, 0.1) is 5.82 Å². The second kappa shape index (κ2) is 10.5. The summed E-state index contributed by atoms with van der Waals surface area (Å²) in [5.41, 5.74) is 2.30. The van der Waals surface area contributed by atoms with Gasteiger partial charge in [-0.3, -0.25) is 14.3 Å². The van der Waals surface area contributed by atoms with Crippen LogP contribution in [0.2, 0.25) is 0 Å². The van der Waals surface area contributed by atoms with E-state index in [0.717, 1.165) is 35.4 Å². The number of benzene rings is 4. The highest BCUT2D eigenvalue weighted by Crippen LogP contribution is 2.31. The molecule has 0 aliphatic heterocycles. The second-order valence-corrected chi connectivity index (χ2v) is 9.74. The fourth-order valence-corrected chi connectivity index (χ4v) is 4.63. The minimum atomic E-state index is -4.13. The number of amides is 2. The van der Waals surface area contributed by atoms with Gasteiger partial charge in [-0.2, -0.15) is 0 Å². The van der Waals surface area contributed by atoms with Crippen LogP contribution >= 0.6 is 0 Å². The Balaban J connectivity index is 1.58. The molecule has 0 fully saturated rings. The molecule has 37 heavy (non-hydrogen) atoms. The van der Waals surface area contributed by atoms with Crippen LogP contribution in [0.5, 0.6) is 5.75 Å². The third-order valence-corrected chi connectivity index (χ3v) is 6.68. The van der Waals surface area contributed by atoms with Crippen molar-refractivity contribution in [3.63, 3.8) is 0 Å². The highest BCUT2D eigenvalue weighted by molar-refractivity contribution is 7.92. The molecule has 0 saturated heterocycles. The molecule has 0 aromatic heterocycles. The number of hydrogen-bond donors (Lipinski definition) is 4. The predicted molar refractivity (Wildman–Crippen MR) is 139 cm³/mol. The molecule has 4 aromatic carbocycles. The minimum absolute atomic E-state index is 0.180. The van der Waals surface area contributed by atoms with E-state index in [-0.39, 0.29) is 33.5 Å². The molecule has 0 spiro atoms. The van der Waals surface area contributed by atoms with Gasteiger partial charge in [-0.1, -0.05) is 36.4 Å². The Morgan fingerprint density at radius 1 is 0.811 bits per heavy atom. The summed E-state index contributed by atoms with van der Waals surface area (Å²) in [6.07, 6.45) is 0. The van der Waals surface area contributed by atoms with Gasteiger partial charge in [0, 0.05) is 29.4 Å². The maximum Gasteiger partial charge on any atom is 0.262 e. The number of hydrogen-bond acceptors (Lipinski definition) is 5. The van der Waals surface area contributed by atoms with Crippen LogP contribution in [0.15, 0.2) is 95.9 Å². The minimum Gasteiger partial charge on any atom is -0.506 e. The van der Waals surface area contributed by atoms with E-state index in [1.807, 2.05) is 30.3 Å². The van der Waals surface area contributed by atoms with Gasteiger partial charge in [0.2, 0.25) is 5.91 Å². The van der Waals surface area contributed by atoms with Crippen LogP contribution in [0.25, 0.3) is 11.1 Å². The van der Waals surface area contributed by atoms with Crippen molar-refractivity contribution in [2.24, 2.45) is 0 Å². The molecule has 10 heteroatoms. The number of rotatable bonds is 7. The Kier molecular flexibility index (Phi) is 7.21. The Morgan fingerprint density at radius 2 is 1.51 bits per heavy atom. The molecule has 0 unspecified atom stereocenters. The SMILES string of the molecule is CC(=O)Nc1cc(C(=O)Nc2ccc(O)c(NS(=O)(=O)c3ccc(F)cc3)c2)ccc1-c1ccccc1. The molecule has 2 amide bonds. The van der Waals surface area contributed by atoms with Crippen LogP contribution in [0.3, 0.4) is 0 Å². The number of carbonyl (C=O) groups excluding carboxylic acids is 2. The molecule has 0 atom stereocenters. The van der Waals surface area contributed by atoms with E-state index in [0.29, 0.717) is 5.69 Å². The van der Waals surface area contributed by atoms with Gasteiger partial charge in [0.25, 0.3) is 15.9 Å². The molecule has 0 saturated carbocycles. The highest BCUT2D eigenvalue weighted by Gasteiger charge is 2.18. The average molecular weight is 520 g/mol. The van der Waals surface area contributed by atoms with Crippen molar-refractivity contribution in [1.82, 2.24) is 0 Å². The molecule has 4 N–H and O–H groups in total. The normalized spacial score (nSPS) is 11.0. The quantitative estimate of drug-likeness (QED) is 0.197. The molecule has 0 aliphatic carbocycles. The van der Waals surface area contributed by atoms with Crippen molar-refractivity contribution < 1.29 is 27.5 Å². The summed E-state index contributed by atoms with van der Waals surface area (Å²) >= 11 is 0. The summed E-state index contributed by atoms with van der Waals surface area (Å²) in [7, 11) is -4.13. The number of carbonyl (C=O) groups is 2. The molecule has 0 radical (unpaired) electrons. The maximum atomic E-state index is 13.2. The van der Waals surface area contributed by atoms with Crippen molar-refractivity contribution in [2.75, 3.05) is 15.4 Å². The summed E-state index contributed by atoms with van der Waals surface area (Å²) in [6.45, 7) is 1.37. The lowest BCUT2D eigenvalue weighted by Crippen LogP contribution is -2.15. The third kappa shape index (κ3) is 6.11. The van der Waals surface area contributed by atoms with E-state index in [9.17, 15) is 27.5 Å². The largest absolute Gasteiger partial charge is 0.506 e. The first kappa shape index (κ1) is 25.4. The van der Waals surface area contributed by atoms with Crippen LogP contribution in [-0.4, -0.2) is 25.3 Å². The Bertz CT molecular complexity index is 1570.